The standard InChI is InChI=1S/C23H22FN3O2S/c1-15-12-13-30(29,27-15)20-9-4-17(5-10-20)23(28)26-22-14-18(6-11-21(22)25)16-2-7-19(24)8-3-16/h2-11,14-15H,12-13,25H2,1H3,(H,26,28). The third-order valence-corrected chi connectivity index (χ3v) is 7.62. The molecule has 0 radical (unpaired) electrons. The number of hydrogen-bond donors (Lipinski definition) is 2. The number of nitrogens with two attached hydrogens (primary N) is 1. The van der Waals surface area contributed by atoms with Crippen LogP contribution in [0.15, 0.2) is 76.0 Å². The number of anilines is 2. The van der Waals surface area contributed by atoms with Gasteiger partial charge in [-0.05, 0) is 73.0 Å². The van der Waals surface area contributed by atoms with Gasteiger partial charge in [-0.2, -0.15) is 0 Å². The minimum atomic E-state index is -2.38. The Labute approximate surface area is 175 Å². The smallest absolute Gasteiger partial charge is 0.255 e. The Morgan fingerprint density at radius 3 is 2.37 bits per heavy atom. The number of benzene rings is 3. The van der Waals surface area contributed by atoms with Crippen LogP contribution >= 0.6 is 0 Å². The number of carbonyl (C=O) groups excluding carboxylic acids is 1. The minimum Gasteiger partial charge on any atom is -0.397 e. The molecule has 30 heavy (non-hydrogen) atoms. The van der Waals surface area contributed by atoms with Gasteiger partial charge in [0.25, 0.3) is 5.91 Å². The third-order valence-electron chi connectivity index (χ3n) is 5.13. The summed E-state index contributed by atoms with van der Waals surface area (Å²) in [5, 5.41) is 2.82. The second kappa shape index (κ2) is 7.91. The highest BCUT2D eigenvalue weighted by Gasteiger charge is 2.22. The van der Waals surface area contributed by atoms with E-state index in [1.165, 1.54) is 12.1 Å². The summed E-state index contributed by atoms with van der Waals surface area (Å²) in [6.07, 6.45) is 0.810. The molecule has 0 aliphatic carbocycles. The lowest BCUT2D eigenvalue weighted by atomic mass is 10.0. The Morgan fingerprint density at radius 2 is 1.73 bits per heavy atom. The number of rotatable bonds is 4. The normalized spacial score (nSPS) is 20.5. The molecular formula is C23H22FN3O2S. The number of hydrogen-bond acceptors (Lipinski definition) is 4. The first-order valence-electron chi connectivity index (χ1n) is 9.65. The van der Waals surface area contributed by atoms with E-state index in [1.807, 2.05) is 13.0 Å². The van der Waals surface area contributed by atoms with Gasteiger partial charge in [0.05, 0.1) is 27.1 Å². The fourth-order valence-corrected chi connectivity index (χ4v) is 5.78. The maximum atomic E-state index is 13.2. The zero-order chi connectivity index (χ0) is 21.3. The van der Waals surface area contributed by atoms with Crippen molar-refractivity contribution in [1.29, 1.82) is 0 Å². The molecule has 1 aliphatic heterocycles. The van der Waals surface area contributed by atoms with Crippen molar-refractivity contribution < 1.29 is 13.4 Å². The Hall–Kier alpha value is -3.19. The maximum Gasteiger partial charge on any atom is 0.255 e. The monoisotopic (exact) mass is 423 g/mol. The largest absolute Gasteiger partial charge is 0.397 e. The lowest BCUT2D eigenvalue weighted by Crippen LogP contribution is -2.13. The second-order valence-corrected chi connectivity index (χ2v) is 9.75. The van der Waals surface area contributed by atoms with Crippen LogP contribution in [0.5, 0.6) is 0 Å². The van der Waals surface area contributed by atoms with Crippen LogP contribution < -0.4 is 11.1 Å². The van der Waals surface area contributed by atoms with E-state index >= 15 is 0 Å². The lowest BCUT2D eigenvalue weighted by molar-refractivity contribution is 0.102. The van der Waals surface area contributed by atoms with Gasteiger partial charge in [0.1, 0.15) is 5.82 Å². The summed E-state index contributed by atoms with van der Waals surface area (Å²) < 4.78 is 30.5. The number of nitrogen functional groups attached to an aromatic ring is 1. The number of nitrogens with one attached hydrogen (secondary N) is 1. The topological polar surface area (TPSA) is 84.5 Å². The van der Waals surface area contributed by atoms with Crippen molar-refractivity contribution in [2.24, 2.45) is 4.36 Å². The van der Waals surface area contributed by atoms with E-state index in [2.05, 4.69) is 9.68 Å². The van der Waals surface area contributed by atoms with Gasteiger partial charge in [0, 0.05) is 16.2 Å². The molecule has 0 fully saturated rings. The van der Waals surface area contributed by atoms with Crippen molar-refractivity contribution >= 4 is 27.0 Å². The Kier molecular flexibility index (Phi) is 5.30. The highest BCUT2D eigenvalue weighted by Crippen LogP contribution is 2.28. The van der Waals surface area contributed by atoms with E-state index in [1.54, 1.807) is 48.5 Å². The molecule has 1 aliphatic rings. The molecule has 0 saturated heterocycles. The van der Waals surface area contributed by atoms with Gasteiger partial charge in [-0.15, -0.1) is 0 Å². The molecule has 5 nitrogen and oxygen atoms in total. The highest BCUT2D eigenvalue weighted by molar-refractivity contribution is 7.93. The first-order chi connectivity index (χ1) is 14.3. The maximum absolute atomic E-state index is 13.2. The van der Waals surface area contributed by atoms with E-state index in [4.69, 9.17) is 5.73 Å². The van der Waals surface area contributed by atoms with Gasteiger partial charge < -0.3 is 11.1 Å². The molecule has 3 aromatic rings. The minimum absolute atomic E-state index is 0.0943. The van der Waals surface area contributed by atoms with E-state index < -0.39 is 9.73 Å². The van der Waals surface area contributed by atoms with E-state index in [9.17, 15) is 13.4 Å². The summed E-state index contributed by atoms with van der Waals surface area (Å²) in [5.41, 5.74) is 8.98. The Balaban J connectivity index is 1.55. The predicted molar refractivity (Wildman–Crippen MR) is 118 cm³/mol. The summed E-state index contributed by atoms with van der Waals surface area (Å²) in [6.45, 7) is 1.96. The second-order valence-electron chi connectivity index (χ2n) is 7.38. The molecule has 2 unspecified atom stereocenters. The Bertz CT molecular complexity index is 1210. The Morgan fingerprint density at radius 1 is 1.07 bits per heavy atom. The zero-order valence-corrected chi connectivity index (χ0v) is 17.3. The van der Waals surface area contributed by atoms with Crippen LogP contribution in [0.1, 0.15) is 23.7 Å². The third kappa shape index (κ3) is 4.07. The predicted octanol–water partition coefficient (Wildman–Crippen LogP) is 4.95. The highest BCUT2D eigenvalue weighted by atomic mass is 32.2. The molecule has 0 aromatic heterocycles. The lowest BCUT2D eigenvalue weighted by Gasteiger charge is -2.11. The van der Waals surface area contributed by atoms with Crippen LogP contribution in [-0.4, -0.2) is 21.9 Å². The molecule has 4 rings (SSSR count). The summed E-state index contributed by atoms with van der Waals surface area (Å²) in [7, 11) is -2.38. The number of amides is 1. The number of nitrogens with zero attached hydrogens (tertiary/aromatic N) is 1. The van der Waals surface area contributed by atoms with Gasteiger partial charge in [-0.3, -0.25) is 4.79 Å². The zero-order valence-electron chi connectivity index (χ0n) is 16.5. The van der Waals surface area contributed by atoms with Gasteiger partial charge in [-0.25, -0.2) is 13.0 Å². The van der Waals surface area contributed by atoms with Crippen molar-refractivity contribution in [1.82, 2.24) is 0 Å². The van der Waals surface area contributed by atoms with Crippen molar-refractivity contribution in [2.45, 2.75) is 24.3 Å². The van der Waals surface area contributed by atoms with Gasteiger partial charge in [-0.1, -0.05) is 18.2 Å². The van der Waals surface area contributed by atoms with E-state index in [-0.39, 0.29) is 17.8 Å². The molecule has 0 saturated carbocycles. The van der Waals surface area contributed by atoms with Crippen LogP contribution in [0, 0.1) is 5.82 Å². The summed E-state index contributed by atoms with van der Waals surface area (Å²) >= 11 is 0. The molecule has 0 bridgehead atoms. The summed E-state index contributed by atoms with van der Waals surface area (Å²) in [6, 6.07) is 18.2. The van der Waals surface area contributed by atoms with Crippen molar-refractivity contribution in [3.8, 4) is 11.1 Å². The molecule has 1 amide bonds. The molecule has 3 N–H and O–H groups in total. The average molecular weight is 424 g/mol. The van der Waals surface area contributed by atoms with Crippen LogP contribution in [0.4, 0.5) is 15.8 Å². The van der Waals surface area contributed by atoms with Crippen molar-refractivity contribution in [2.75, 3.05) is 16.8 Å². The molecule has 154 valence electrons. The fourth-order valence-electron chi connectivity index (χ4n) is 3.40. The molecule has 7 heteroatoms. The van der Waals surface area contributed by atoms with Crippen LogP contribution in [-0.2, 0) is 9.73 Å². The fraction of sp³-hybridized carbons (Fsp3) is 0.174. The number of halogens is 1. The van der Waals surface area contributed by atoms with E-state index in [0.717, 1.165) is 17.5 Å². The van der Waals surface area contributed by atoms with Crippen molar-refractivity contribution in [3.05, 3.63) is 78.1 Å². The average Bonchev–Trinajstić information content (AvgIpc) is 3.10. The first kappa shape index (κ1) is 20.1. The van der Waals surface area contributed by atoms with Gasteiger partial charge >= 0.3 is 0 Å². The van der Waals surface area contributed by atoms with Crippen LogP contribution in [0.2, 0.25) is 0 Å². The van der Waals surface area contributed by atoms with E-state index in [0.29, 0.717) is 27.6 Å². The van der Waals surface area contributed by atoms with Crippen molar-refractivity contribution in [3.63, 3.8) is 0 Å². The number of carbonyl (C=O) groups is 1. The molecule has 1 heterocycles. The molecule has 0 spiro atoms. The summed E-state index contributed by atoms with van der Waals surface area (Å²) in [4.78, 5) is 13.4. The molecule has 3 aromatic carbocycles. The quantitative estimate of drug-likeness (QED) is 0.583. The molecular weight excluding hydrogens is 401 g/mol. The SMILES string of the molecule is CC1CCS(=O)(c2ccc(C(=O)Nc3cc(-c4ccc(F)cc4)ccc3N)cc2)=N1. The van der Waals surface area contributed by atoms with Gasteiger partial charge in [0.15, 0.2) is 0 Å². The molecule has 2 atom stereocenters. The summed E-state index contributed by atoms with van der Waals surface area (Å²) in [5.74, 6) is -0.0872. The van der Waals surface area contributed by atoms with Crippen LogP contribution in [0.3, 0.4) is 0 Å². The first-order valence-corrected chi connectivity index (χ1v) is 11.3. The van der Waals surface area contributed by atoms with Crippen LogP contribution in [0.25, 0.3) is 11.1 Å². The van der Waals surface area contributed by atoms with Gasteiger partial charge in [0.2, 0.25) is 0 Å².